The van der Waals surface area contributed by atoms with Crippen molar-refractivity contribution in [3.05, 3.63) is 59.4 Å². The molecule has 2 N–H and O–H groups in total. The number of hydrogen-bond acceptors (Lipinski definition) is 5. The SMILES string of the molecule is COC(=O)CCCCCNC(=O)c1cc(S(=O)(=O)Nc2ccc(F)cc2)ccc1C. The monoisotopic (exact) mass is 436 g/mol. The summed E-state index contributed by atoms with van der Waals surface area (Å²) in [7, 11) is -2.60. The highest BCUT2D eigenvalue weighted by Crippen LogP contribution is 2.19. The number of methoxy groups -OCH3 is 1. The van der Waals surface area contributed by atoms with E-state index in [1.807, 2.05) is 0 Å². The Hall–Kier alpha value is -2.94. The summed E-state index contributed by atoms with van der Waals surface area (Å²) in [6, 6.07) is 9.21. The Balaban J connectivity index is 1.99. The van der Waals surface area contributed by atoms with Crippen molar-refractivity contribution in [2.45, 2.75) is 37.5 Å². The van der Waals surface area contributed by atoms with Crippen molar-refractivity contribution >= 4 is 27.6 Å². The summed E-state index contributed by atoms with van der Waals surface area (Å²) in [5.74, 6) is -1.11. The number of ether oxygens (including phenoxy) is 1. The second kappa shape index (κ2) is 10.7. The van der Waals surface area contributed by atoms with Crippen LogP contribution in [0, 0.1) is 12.7 Å². The van der Waals surface area contributed by atoms with Crippen LogP contribution in [0.3, 0.4) is 0 Å². The number of anilines is 1. The average molecular weight is 437 g/mol. The summed E-state index contributed by atoms with van der Waals surface area (Å²) in [5.41, 5.74) is 1.11. The molecule has 2 aromatic carbocycles. The molecule has 0 heterocycles. The maximum absolute atomic E-state index is 13.0. The van der Waals surface area contributed by atoms with Crippen molar-refractivity contribution in [1.29, 1.82) is 0 Å². The maximum Gasteiger partial charge on any atom is 0.305 e. The molecule has 0 unspecified atom stereocenters. The highest BCUT2D eigenvalue weighted by Gasteiger charge is 2.18. The number of carbonyl (C=O) groups excluding carboxylic acids is 2. The highest BCUT2D eigenvalue weighted by atomic mass is 32.2. The van der Waals surface area contributed by atoms with E-state index in [0.717, 1.165) is 18.6 Å². The lowest BCUT2D eigenvalue weighted by Crippen LogP contribution is -2.25. The lowest BCUT2D eigenvalue weighted by Gasteiger charge is -2.12. The molecular weight excluding hydrogens is 411 g/mol. The van der Waals surface area contributed by atoms with Gasteiger partial charge >= 0.3 is 5.97 Å². The van der Waals surface area contributed by atoms with Crippen LogP contribution in [0.2, 0.25) is 0 Å². The first-order valence-electron chi connectivity index (χ1n) is 9.47. The van der Waals surface area contributed by atoms with Gasteiger partial charge in [0.25, 0.3) is 15.9 Å². The molecule has 0 aliphatic carbocycles. The normalized spacial score (nSPS) is 11.0. The van der Waals surface area contributed by atoms with Gasteiger partial charge in [0.2, 0.25) is 0 Å². The molecule has 2 rings (SSSR count). The van der Waals surface area contributed by atoms with Gasteiger partial charge in [-0.25, -0.2) is 12.8 Å². The van der Waals surface area contributed by atoms with Gasteiger partial charge in [-0.1, -0.05) is 12.5 Å². The molecule has 0 saturated carbocycles. The van der Waals surface area contributed by atoms with Gasteiger partial charge in [0.1, 0.15) is 5.82 Å². The third-order valence-electron chi connectivity index (χ3n) is 4.43. The summed E-state index contributed by atoms with van der Waals surface area (Å²) in [6.07, 6.45) is 2.45. The quantitative estimate of drug-likeness (QED) is 0.439. The van der Waals surface area contributed by atoms with Gasteiger partial charge in [0, 0.05) is 24.2 Å². The Morgan fingerprint density at radius 1 is 1.03 bits per heavy atom. The minimum Gasteiger partial charge on any atom is -0.469 e. The second-order valence-electron chi connectivity index (χ2n) is 6.73. The molecule has 30 heavy (non-hydrogen) atoms. The third kappa shape index (κ3) is 6.84. The maximum atomic E-state index is 13.0. The largest absolute Gasteiger partial charge is 0.469 e. The first kappa shape index (κ1) is 23.3. The molecule has 0 aliphatic rings. The fraction of sp³-hybridized carbons (Fsp3) is 0.333. The van der Waals surface area contributed by atoms with Crippen LogP contribution in [0.4, 0.5) is 10.1 Å². The van der Waals surface area contributed by atoms with E-state index < -0.39 is 15.8 Å². The van der Waals surface area contributed by atoms with Gasteiger partial charge in [-0.05, 0) is 61.7 Å². The van der Waals surface area contributed by atoms with Gasteiger partial charge in [-0.3, -0.25) is 14.3 Å². The smallest absolute Gasteiger partial charge is 0.305 e. The van der Waals surface area contributed by atoms with Crippen molar-refractivity contribution in [2.75, 3.05) is 18.4 Å². The number of hydrogen-bond donors (Lipinski definition) is 2. The van der Waals surface area contributed by atoms with Crippen LogP contribution in [-0.4, -0.2) is 33.9 Å². The summed E-state index contributed by atoms with van der Waals surface area (Å²) >= 11 is 0. The first-order valence-corrected chi connectivity index (χ1v) is 11.0. The number of nitrogens with one attached hydrogen (secondary N) is 2. The van der Waals surface area contributed by atoms with Gasteiger partial charge in [0.15, 0.2) is 0 Å². The van der Waals surface area contributed by atoms with Gasteiger partial charge in [0.05, 0.1) is 12.0 Å². The predicted molar refractivity (Wildman–Crippen MR) is 111 cm³/mol. The van der Waals surface area contributed by atoms with Crippen LogP contribution in [0.1, 0.15) is 41.6 Å². The summed E-state index contributed by atoms with van der Waals surface area (Å²) in [6.45, 7) is 2.12. The molecule has 0 spiro atoms. The fourth-order valence-electron chi connectivity index (χ4n) is 2.72. The number of amides is 1. The molecule has 0 aliphatic heterocycles. The van der Waals surface area contributed by atoms with Crippen molar-refractivity contribution in [3.8, 4) is 0 Å². The molecule has 2 aromatic rings. The number of sulfonamides is 1. The van der Waals surface area contributed by atoms with E-state index in [1.165, 1.54) is 31.4 Å². The van der Waals surface area contributed by atoms with Gasteiger partial charge in [-0.15, -0.1) is 0 Å². The Kier molecular flexibility index (Phi) is 8.35. The number of carbonyl (C=O) groups is 2. The Labute approximate surface area is 175 Å². The van der Waals surface area contributed by atoms with E-state index in [1.54, 1.807) is 13.0 Å². The molecule has 162 valence electrons. The number of aryl methyl sites for hydroxylation is 1. The molecule has 0 bridgehead atoms. The summed E-state index contributed by atoms with van der Waals surface area (Å²) in [5, 5.41) is 2.76. The van der Waals surface area contributed by atoms with Crippen LogP contribution in [0.25, 0.3) is 0 Å². The van der Waals surface area contributed by atoms with Crippen molar-refractivity contribution in [3.63, 3.8) is 0 Å². The zero-order valence-electron chi connectivity index (χ0n) is 16.9. The molecule has 0 saturated heterocycles. The van der Waals surface area contributed by atoms with Crippen molar-refractivity contribution < 1.29 is 27.1 Å². The van der Waals surface area contributed by atoms with Crippen LogP contribution in [0.15, 0.2) is 47.4 Å². The molecule has 0 atom stereocenters. The molecule has 9 heteroatoms. The molecule has 1 amide bonds. The van der Waals surface area contributed by atoms with Crippen molar-refractivity contribution in [1.82, 2.24) is 5.32 Å². The van der Waals surface area contributed by atoms with Gasteiger partial charge < -0.3 is 10.1 Å². The Morgan fingerprint density at radius 3 is 2.40 bits per heavy atom. The number of halogens is 1. The van der Waals surface area contributed by atoms with E-state index in [9.17, 15) is 22.4 Å². The minimum absolute atomic E-state index is 0.0688. The Morgan fingerprint density at radius 2 is 1.73 bits per heavy atom. The first-order chi connectivity index (χ1) is 14.2. The third-order valence-corrected chi connectivity index (χ3v) is 5.81. The molecule has 0 radical (unpaired) electrons. The van der Waals surface area contributed by atoms with Gasteiger partial charge in [-0.2, -0.15) is 0 Å². The topological polar surface area (TPSA) is 102 Å². The van der Waals surface area contributed by atoms with E-state index in [-0.39, 0.29) is 28.0 Å². The lowest BCUT2D eigenvalue weighted by molar-refractivity contribution is -0.140. The molecule has 0 fully saturated rings. The number of benzene rings is 2. The fourth-order valence-corrected chi connectivity index (χ4v) is 3.80. The summed E-state index contributed by atoms with van der Waals surface area (Å²) < 4.78 is 45.2. The van der Waals surface area contributed by atoms with Crippen molar-refractivity contribution in [2.24, 2.45) is 0 Å². The predicted octanol–water partition coefficient (Wildman–Crippen LogP) is 3.40. The number of esters is 1. The van der Waals surface area contributed by atoms with E-state index in [2.05, 4.69) is 14.8 Å². The number of rotatable bonds is 10. The lowest BCUT2D eigenvalue weighted by atomic mass is 10.1. The molecule has 0 aromatic heterocycles. The average Bonchev–Trinajstić information content (AvgIpc) is 2.71. The zero-order valence-corrected chi connectivity index (χ0v) is 17.7. The number of unbranched alkanes of at least 4 members (excludes halogenated alkanes) is 2. The van der Waals surface area contributed by atoms with E-state index in [0.29, 0.717) is 31.4 Å². The van der Waals surface area contributed by atoms with Crippen LogP contribution in [-0.2, 0) is 19.6 Å². The minimum atomic E-state index is -3.94. The standard InChI is InChI=1S/C21H25FN2O5S/c1-15-7-12-18(30(27,28)24-17-10-8-16(22)9-11-17)14-19(15)21(26)23-13-5-3-4-6-20(25)29-2/h7-12,14,24H,3-6,13H2,1-2H3,(H,23,26). The molecular formula is C21H25FN2O5S. The highest BCUT2D eigenvalue weighted by molar-refractivity contribution is 7.92. The molecule has 7 nitrogen and oxygen atoms in total. The zero-order chi connectivity index (χ0) is 22.1. The van der Waals surface area contributed by atoms with E-state index >= 15 is 0 Å². The van der Waals surface area contributed by atoms with Crippen LogP contribution >= 0.6 is 0 Å². The van der Waals surface area contributed by atoms with Crippen LogP contribution < -0.4 is 10.0 Å². The van der Waals surface area contributed by atoms with E-state index in [4.69, 9.17) is 0 Å². The second-order valence-corrected chi connectivity index (χ2v) is 8.41. The summed E-state index contributed by atoms with van der Waals surface area (Å²) in [4.78, 5) is 23.5. The van der Waals surface area contributed by atoms with Crippen LogP contribution in [0.5, 0.6) is 0 Å². The Bertz CT molecular complexity index is 991.